The average Bonchev–Trinajstić information content (AvgIpc) is 2.90. The minimum absolute atomic E-state index is 0.0389. The first kappa shape index (κ1) is 15.3. The number of aliphatic hydroxyl groups excluding tert-OH is 1. The van der Waals surface area contributed by atoms with Gasteiger partial charge in [-0.15, -0.1) is 11.3 Å². The zero-order chi connectivity index (χ0) is 15.5. The first-order chi connectivity index (χ1) is 10.6. The summed E-state index contributed by atoms with van der Waals surface area (Å²) in [4.78, 5) is 17.3. The number of aryl methyl sites for hydroxylation is 1. The number of hydrogen-bond acceptors (Lipinski definition) is 5. The van der Waals surface area contributed by atoms with Crippen molar-refractivity contribution in [3.05, 3.63) is 69.1 Å². The Morgan fingerprint density at radius 3 is 2.91 bits per heavy atom. The zero-order valence-electron chi connectivity index (χ0n) is 12.1. The van der Waals surface area contributed by atoms with Crippen molar-refractivity contribution in [1.29, 1.82) is 0 Å². The predicted molar refractivity (Wildman–Crippen MR) is 91.6 cm³/mol. The predicted octanol–water partition coefficient (Wildman–Crippen LogP) is 3.03. The minimum atomic E-state index is -0.500. The SMILES string of the molecule is Cc1csc2nc(CSC[C@H](O)c3ccccc3)cc(=O)n12. The van der Waals surface area contributed by atoms with Crippen molar-refractivity contribution in [3.63, 3.8) is 0 Å². The van der Waals surface area contributed by atoms with E-state index >= 15 is 0 Å². The number of rotatable bonds is 5. The average molecular weight is 332 g/mol. The summed E-state index contributed by atoms with van der Waals surface area (Å²) in [6, 6.07) is 11.2. The molecule has 0 aliphatic rings. The largest absolute Gasteiger partial charge is 0.388 e. The fourth-order valence-corrected chi connectivity index (χ4v) is 4.00. The summed E-state index contributed by atoms with van der Waals surface area (Å²) in [5, 5.41) is 12.1. The molecule has 1 N–H and O–H groups in total. The van der Waals surface area contributed by atoms with Gasteiger partial charge in [-0.3, -0.25) is 9.20 Å². The van der Waals surface area contributed by atoms with Crippen LogP contribution in [0.2, 0.25) is 0 Å². The van der Waals surface area contributed by atoms with Crippen LogP contribution >= 0.6 is 23.1 Å². The van der Waals surface area contributed by atoms with Gasteiger partial charge < -0.3 is 5.11 Å². The summed E-state index contributed by atoms with van der Waals surface area (Å²) in [6.07, 6.45) is -0.500. The number of aliphatic hydroxyl groups is 1. The Balaban J connectivity index is 1.66. The van der Waals surface area contributed by atoms with Crippen LogP contribution in [0, 0.1) is 6.92 Å². The van der Waals surface area contributed by atoms with E-state index in [2.05, 4.69) is 4.98 Å². The molecule has 4 nitrogen and oxygen atoms in total. The molecular weight excluding hydrogens is 316 g/mol. The smallest absolute Gasteiger partial charge is 0.258 e. The molecular formula is C16H16N2O2S2. The maximum atomic E-state index is 12.1. The molecule has 0 spiro atoms. The van der Waals surface area contributed by atoms with Crippen molar-refractivity contribution in [3.8, 4) is 0 Å². The van der Waals surface area contributed by atoms with Crippen molar-refractivity contribution in [2.45, 2.75) is 18.8 Å². The second kappa shape index (κ2) is 6.64. The van der Waals surface area contributed by atoms with E-state index in [4.69, 9.17) is 0 Å². The molecule has 3 rings (SSSR count). The van der Waals surface area contributed by atoms with E-state index < -0.39 is 6.10 Å². The number of benzene rings is 1. The molecule has 1 atom stereocenters. The molecule has 2 aromatic heterocycles. The van der Waals surface area contributed by atoms with Gasteiger partial charge >= 0.3 is 0 Å². The van der Waals surface area contributed by atoms with E-state index in [9.17, 15) is 9.90 Å². The van der Waals surface area contributed by atoms with E-state index in [0.717, 1.165) is 21.9 Å². The molecule has 6 heteroatoms. The molecule has 0 aliphatic carbocycles. The second-order valence-electron chi connectivity index (χ2n) is 5.02. The van der Waals surface area contributed by atoms with Crippen LogP contribution in [0.25, 0.3) is 4.96 Å². The molecule has 0 bridgehead atoms. The van der Waals surface area contributed by atoms with Crippen LogP contribution in [0.5, 0.6) is 0 Å². The molecule has 0 radical (unpaired) electrons. The van der Waals surface area contributed by atoms with Gasteiger partial charge in [-0.25, -0.2) is 4.98 Å². The summed E-state index contributed by atoms with van der Waals surface area (Å²) in [5.74, 6) is 1.20. The first-order valence-electron chi connectivity index (χ1n) is 6.92. The fourth-order valence-electron chi connectivity index (χ4n) is 2.22. The lowest BCUT2D eigenvalue weighted by atomic mass is 10.1. The van der Waals surface area contributed by atoms with Crippen molar-refractivity contribution in [2.24, 2.45) is 0 Å². The van der Waals surface area contributed by atoms with Gasteiger partial charge in [0.25, 0.3) is 5.56 Å². The molecule has 0 unspecified atom stereocenters. The van der Waals surface area contributed by atoms with Crippen molar-refractivity contribution in [2.75, 3.05) is 5.75 Å². The van der Waals surface area contributed by atoms with Gasteiger partial charge in [0.2, 0.25) is 0 Å². The second-order valence-corrected chi connectivity index (χ2v) is 6.89. The van der Waals surface area contributed by atoms with Gasteiger partial charge in [0.05, 0.1) is 11.8 Å². The van der Waals surface area contributed by atoms with Gasteiger partial charge in [-0.05, 0) is 12.5 Å². The van der Waals surface area contributed by atoms with Crippen LogP contribution in [0.1, 0.15) is 23.1 Å². The summed E-state index contributed by atoms with van der Waals surface area (Å²) >= 11 is 3.05. The third-order valence-corrected chi connectivity index (χ3v) is 5.33. The van der Waals surface area contributed by atoms with E-state index in [1.54, 1.807) is 22.2 Å². The molecule has 0 saturated carbocycles. The third-order valence-electron chi connectivity index (χ3n) is 3.34. The number of aromatic nitrogens is 2. The van der Waals surface area contributed by atoms with Crippen molar-refractivity contribution in [1.82, 2.24) is 9.38 Å². The molecule has 0 amide bonds. The van der Waals surface area contributed by atoms with E-state index in [1.165, 1.54) is 11.3 Å². The lowest BCUT2D eigenvalue weighted by Crippen LogP contribution is -2.14. The lowest BCUT2D eigenvalue weighted by Gasteiger charge is -2.10. The Hall–Kier alpha value is -1.63. The lowest BCUT2D eigenvalue weighted by molar-refractivity contribution is 0.204. The maximum absolute atomic E-state index is 12.1. The highest BCUT2D eigenvalue weighted by Crippen LogP contribution is 2.21. The third kappa shape index (κ3) is 3.24. The van der Waals surface area contributed by atoms with Gasteiger partial charge in [0.15, 0.2) is 4.96 Å². The molecule has 22 heavy (non-hydrogen) atoms. The number of thiazole rings is 1. The molecule has 0 aliphatic heterocycles. The van der Waals surface area contributed by atoms with Crippen LogP contribution < -0.4 is 5.56 Å². The summed E-state index contributed by atoms with van der Waals surface area (Å²) in [7, 11) is 0. The Labute approximate surface area is 136 Å². The highest BCUT2D eigenvalue weighted by molar-refractivity contribution is 7.98. The number of fused-ring (bicyclic) bond motifs is 1. The number of thioether (sulfide) groups is 1. The van der Waals surface area contributed by atoms with Crippen LogP contribution in [-0.2, 0) is 5.75 Å². The standard InChI is InChI=1S/C16H16N2O2S2/c1-11-8-22-16-17-13(7-15(20)18(11)16)9-21-10-14(19)12-5-3-2-4-6-12/h2-8,14,19H,9-10H2,1H3/t14-/m0/s1. The van der Waals surface area contributed by atoms with Crippen LogP contribution in [-0.4, -0.2) is 20.2 Å². The van der Waals surface area contributed by atoms with Gasteiger partial charge in [-0.2, -0.15) is 11.8 Å². The Kier molecular flexibility index (Phi) is 4.61. The van der Waals surface area contributed by atoms with Crippen molar-refractivity contribution >= 4 is 28.1 Å². The normalized spacial score (nSPS) is 12.6. The van der Waals surface area contributed by atoms with Crippen LogP contribution in [0.15, 0.2) is 46.6 Å². The molecule has 2 heterocycles. The number of hydrogen-bond donors (Lipinski definition) is 1. The van der Waals surface area contributed by atoms with E-state index in [-0.39, 0.29) is 5.56 Å². The Bertz CT molecular complexity index is 827. The quantitative estimate of drug-likeness (QED) is 0.780. The Morgan fingerprint density at radius 2 is 2.14 bits per heavy atom. The van der Waals surface area contributed by atoms with Gasteiger partial charge in [0.1, 0.15) is 0 Å². The molecule has 0 fully saturated rings. The van der Waals surface area contributed by atoms with Crippen LogP contribution in [0.3, 0.4) is 0 Å². The van der Waals surface area contributed by atoms with E-state index in [0.29, 0.717) is 11.5 Å². The van der Waals surface area contributed by atoms with Crippen LogP contribution in [0.4, 0.5) is 0 Å². The highest BCUT2D eigenvalue weighted by atomic mass is 32.2. The monoisotopic (exact) mass is 332 g/mol. The van der Waals surface area contributed by atoms with E-state index in [1.807, 2.05) is 42.6 Å². The zero-order valence-corrected chi connectivity index (χ0v) is 13.7. The molecule has 0 saturated heterocycles. The molecule has 114 valence electrons. The van der Waals surface area contributed by atoms with Gasteiger partial charge in [-0.1, -0.05) is 30.3 Å². The number of nitrogens with zero attached hydrogens (tertiary/aromatic N) is 2. The minimum Gasteiger partial charge on any atom is -0.388 e. The van der Waals surface area contributed by atoms with Crippen molar-refractivity contribution < 1.29 is 5.11 Å². The Morgan fingerprint density at radius 1 is 1.36 bits per heavy atom. The molecule has 1 aromatic carbocycles. The summed E-state index contributed by atoms with van der Waals surface area (Å²) < 4.78 is 1.62. The topological polar surface area (TPSA) is 54.6 Å². The first-order valence-corrected chi connectivity index (χ1v) is 8.96. The highest BCUT2D eigenvalue weighted by Gasteiger charge is 2.09. The maximum Gasteiger partial charge on any atom is 0.258 e. The summed E-state index contributed by atoms with van der Waals surface area (Å²) in [6.45, 7) is 1.90. The fraction of sp³-hybridized carbons (Fsp3) is 0.250. The summed E-state index contributed by atoms with van der Waals surface area (Å²) in [5.41, 5.74) is 2.55. The molecule has 3 aromatic rings. The van der Waals surface area contributed by atoms with Gasteiger partial charge in [0, 0.05) is 28.6 Å².